The van der Waals surface area contributed by atoms with Gasteiger partial charge >= 0.3 is 0 Å². The molecule has 110 valence electrons. The van der Waals surface area contributed by atoms with E-state index in [1.54, 1.807) is 11.3 Å². The van der Waals surface area contributed by atoms with Crippen LogP contribution in [0.15, 0.2) is 4.79 Å². The van der Waals surface area contributed by atoms with Gasteiger partial charge in [0.05, 0.1) is 11.5 Å². The molecule has 0 amide bonds. The molecule has 21 heavy (non-hydrogen) atoms. The third kappa shape index (κ3) is 2.49. The van der Waals surface area contributed by atoms with Crippen molar-refractivity contribution in [3.63, 3.8) is 0 Å². The summed E-state index contributed by atoms with van der Waals surface area (Å²) in [5.41, 5.74) is 1.35. The van der Waals surface area contributed by atoms with Crippen molar-refractivity contribution in [2.45, 2.75) is 58.4 Å². The SMILES string of the molecule is CCCc1nc2sc3c(c2c(=O)n1CCCC#N)CCC3. The maximum absolute atomic E-state index is 12.9. The normalized spacial score (nSPS) is 13.5. The predicted octanol–water partition coefficient (Wildman–Crippen LogP) is 3.20. The minimum absolute atomic E-state index is 0.112. The second-order valence-corrected chi connectivity index (χ2v) is 6.62. The minimum Gasteiger partial charge on any atom is -0.296 e. The molecule has 0 N–H and O–H groups in total. The van der Waals surface area contributed by atoms with Crippen LogP contribution in [0.5, 0.6) is 0 Å². The summed E-state index contributed by atoms with van der Waals surface area (Å²) >= 11 is 1.70. The first-order chi connectivity index (χ1) is 10.3. The first-order valence-electron chi connectivity index (χ1n) is 7.67. The quantitative estimate of drug-likeness (QED) is 0.797. The van der Waals surface area contributed by atoms with E-state index in [4.69, 9.17) is 10.2 Å². The third-order valence-corrected chi connectivity index (χ3v) is 5.23. The lowest BCUT2D eigenvalue weighted by atomic mass is 10.2. The molecule has 0 bridgehead atoms. The highest BCUT2D eigenvalue weighted by molar-refractivity contribution is 7.18. The molecular weight excluding hydrogens is 282 g/mol. The molecule has 0 atom stereocenters. The number of nitrogens with zero attached hydrogens (tertiary/aromatic N) is 3. The molecule has 0 saturated heterocycles. The number of hydrogen-bond acceptors (Lipinski definition) is 4. The zero-order valence-electron chi connectivity index (χ0n) is 12.3. The monoisotopic (exact) mass is 301 g/mol. The second kappa shape index (κ2) is 5.98. The first kappa shape index (κ1) is 14.3. The number of unbranched alkanes of at least 4 members (excludes halogenated alkanes) is 1. The van der Waals surface area contributed by atoms with Crippen molar-refractivity contribution in [3.8, 4) is 6.07 Å². The van der Waals surface area contributed by atoms with Crippen molar-refractivity contribution >= 4 is 21.6 Å². The van der Waals surface area contributed by atoms with Crippen LogP contribution in [-0.4, -0.2) is 9.55 Å². The van der Waals surface area contributed by atoms with E-state index in [1.165, 1.54) is 10.4 Å². The van der Waals surface area contributed by atoms with Gasteiger partial charge in [-0.2, -0.15) is 5.26 Å². The van der Waals surface area contributed by atoms with Gasteiger partial charge in [0.15, 0.2) is 0 Å². The zero-order chi connectivity index (χ0) is 14.8. The van der Waals surface area contributed by atoms with E-state index in [1.807, 2.05) is 4.57 Å². The zero-order valence-corrected chi connectivity index (χ0v) is 13.1. The topological polar surface area (TPSA) is 58.7 Å². The Labute approximate surface area is 128 Å². The van der Waals surface area contributed by atoms with Gasteiger partial charge < -0.3 is 0 Å². The molecule has 3 rings (SSSR count). The number of aromatic nitrogens is 2. The Morgan fingerprint density at radius 2 is 2.29 bits per heavy atom. The minimum atomic E-state index is 0.112. The lowest BCUT2D eigenvalue weighted by Gasteiger charge is -2.11. The van der Waals surface area contributed by atoms with Crippen LogP contribution in [-0.2, 0) is 25.8 Å². The first-order valence-corrected chi connectivity index (χ1v) is 8.48. The lowest BCUT2D eigenvalue weighted by molar-refractivity contribution is 0.585. The van der Waals surface area contributed by atoms with E-state index in [-0.39, 0.29) is 5.56 Å². The summed E-state index contributed by atoms with van der Waals surface area (Å²) in [6.45, 7) is 2.71. The van der Waals surface area contributed by atoms with Crippen LogP contribution in [0, 0.1) is 11.3 Å². The Balaban J connectivity index is 2.13. The largest absolute Gasteiger partial charge is 0.296 e. The van der Waals surface area contributed by atoms with Gasteiger partial charge in [0.2, 0.25) is 0 Å². The van der Waals surface area contributed by atoms with Crippen LogP contribution >= 0.6 is 11.3 Å². The van der Waals surface area contributed by atoms with Gasteiger partial charge in [0.1, 0.15) is 10.7 Å². The van der Waals surface area contributed by atoms with Gasteiger partial charge in [0, 0.05) is 24.3 Å². The van der Waals surface area contributed by atoms with E-state index < -0.39 is 0 Å². The molecule has 0 radical (unpaired) electrons. The molecule has 1 aliphatic rings. The molecule has 2 aromatic rings. The molecule has 0 saturated carbocycles. The summed E-state index contributed by atoms with van der Waals surface area (Å²) in [5, 5.41) is 9.55. The Hall–Kier alpha value is -1.67. The fourth-order valence-electron chi connectivity index (χ4n) is 3.08. The van der Waals surface area contributed by atoms with Crippen molar-refractivity contribution in [1.29, 1.82) is 5.26 Å². The van der Waals surface area contributed by atoms with Gasteiger partial charge in [-0.15, -0.1) is 11.3 Å². The molecule has 5 heteroatoms. The smallest absolute Gasteiger partial charge is 0.262 e. The van der Waals surface area contributed by atoms with Gasteiger partial charge in [0.25, 0.3) is 5.56 Å². The van der Waals surface area contributed by atoms with Crippen molar-refractivity contribution < 1.29 is 0 Å². The van der Waals surface area contributed by atoms with Gasteiger partial charge in [-0.25, -0.2) is 4.98 Å². The van der Waals surface area contributed by atoms with Crippen molar-refractivity contribution in [2.24, 2.45) is 0 Å². The maximum atomic E-state index is 12.9. The maximum Gasteiger partial charge on any atom is 0.262 e. The van der Waals surface area contributed by atoms with E-state index in [0.29, 0.717) is 19.4 Å². The van der Waals surface area contributed by atoms with E-state index in [2.05, 4.69) is 13.0 Å². The third-order valence-electron chi connectivity index (χ3n) is 4.05. The average molecular weight is 301 g/mol. The molecular formula is C16H19N3OS. The second-order valence-electron chi connectivity index (χ2n) is 5.53. The highest BCUT2D eigenvalue weighted by Gasteiger charge is 2.22. The van der Waals surface area contributed by atoms with Gasteiger partial charge in [-0.3, -0.25) is 9.36 Å². The Morgan fingerprint density at radius 1 is 1.43 bits per heavy atom. The van der Waals surface area contributed by atoms with Crippen molar-refractivity contribution in [2.75, 3.05) is 0 Å². The fourth-order valence-corrected chi connectivity index (χ4v) is 4.35. The number of fused-ring (bicyclic) bond motifs is 3. The van der Waals surface area contributed by atoms with Crippen LogP contribution in [0.1, 0.15) is 48.9 Å². The molecule has 2 heterocycles. The van der Waals surface area contributed by atoms with E-state index >= 15 is 0 Å². The summed E-state index contributed by atoms with van der Waals surface area (Å²) in [5.74, 6) is 0.882. The van der Waals surface area contributed by atoms with Crippen molar-refractivity contribution in [3.05, 3.63) is 26.6 Å². The number of rotatable bonds is 5. The summed E-state index contributed by atoms with van der Waals surface area (Å²) in [6.07, 6.45) is 6.25. The molecule has 0 aliphatic heterocycles. The van der Waals surface area contributed by atoms with Crippen LogP contribution in [0.4, 0.5) is 0 Å². The van der Waals surface area contributed by atoms with Crippen LogP contribution in [0.2, 0.25) is 0 Å². The Morgan fingerprint density at radius 3 is 3.05 bits per heavy atom. The highest BCUT2D eigenvalue weighted by atomic mass is 32.1. The molecule has 0 fully saturated rings. The van der Waals surface area contributed by atoms with E-state index in [9.17, 15) is 4.79 Å². The highest BCUT2D eigenvalue weighted by Crippen LogP contribution is 2.34. The number of aryl methyl sites for hydroxylation is 3. The molecule has 0 unspecified atom stereocenters. The molecule has 4 nitrogen and oxygen atoms in total. The standard InChI is InChI=1S/C16H19N3OS/c1-2-6-13-18-15-14(11-7-5-8-12(11)21-15)16(20)19(13)10-4-3-9-17/h2-8,10H2,1H3. The average Bonchev–Trinajstić information content (AvgIpc) is 3.02. The van der Waals surface area contributed by atoms with Crippen molar-refractivity contribution in [1.82, 2.24) is 9.55 Å². The molecule has 0 spiro atoms. The number of hydrogen-bond donors (Lipinski definition) is 0. The predicted molar refractivity (Wildman–Crippen MR) is 84.7 cm³/mol. The molecule has 2 aromatic heterocycles. The number of thiophene rings is 1. The summed E-state index contributed by atoms with van der Waals surface area (Å²) in [6, 6.07) is 2.15. The Bertz CT molecular complexity index is 766. The van der Waals surface area contributed by atoms with Crippen LogP contribution in [0.3, 0.4) is 0 Å². The van der Waals surface area contributed by atoms with E-state index in [0.717, 1.165) is 48.1 Å². The number of nitriles is 1. The lowest BCUT2D eigenvalue weighted by Crippen LogP contribution is -2.25. The molecule has 1 aliphatic carbocycles. The summed E-state index contributed by atoms with van der Waals surface area (Å²) < 4.78 is 1.81. The van der Waals surface area contributed by atoms with Crippen LogP contribution in [0.25, 0.3) is 10.2 Å². The van der Waals surface area contributed by atoms with Gasteiger partial charge in [-0.1, -0.05) is 6.92 Å². The molecule has 0 aromatic carbocycles. The fraction of sp³-hybridized carbons (Fsp3) is 0.562. The summed E-state index contributed by atoms with van der Waals surface area (Å²) in [7, 11) is 0. The van der Waals surface area contributed by atoms with Gasteiger partial charge in [-0.05, 0) is 37.7 Å². The Kier molecular flexibility index (Phi) is 4.07. The van der Waals surface area contributed by atoms with Crippen LogP contribution < -0.4 is 5.56 Å². The summed E-state index contributed by atoms with van der Waals surface area (Å²) in [4.78, 5) is 19.9.